The first-order valence-electron chi connectivity index (χ1n) is 8.67. The lowest BCUT2D eigenvalue weighted by Crippen LogP contribution is -2.29. The van der Waals surface area contributed by atoms with E-state index in [1.807, 2.05) is 23.6 Å². The van der Waals surface area contributed by atoms with Crippen molar-refractivity contribution in [1.29, 1.82) is 0 Å². The maximum absolute atomic E-state index is 4.56. The molecule has 0 saturated heterocycles. The van der Waals surface area contributed by atoms with Gasteiger partial charge in [0.2, 0.25) is 0 Å². The van der Waals surface area contributed by atoms with Crippen molar-refractivity contribution in [3.63, 3.8) is 0 Å². The summed E-state index contributed by atoms with van der Waals surface area (Å²) in [4.78, 5) is 8.57. The Bertz CT molecular complexity index is 836. The zero-order valence-corrected chi connectivity index (χ0v) is 14.6. The van der Waals surface area contributed by atoms with Crippen molar-refractivity contribution in [1.82, 2.24) is 9.88 Å². The van der Waals surface area contributed by atoms with E-state index in [4.69, 9.17) is 0 Å². The van der Waals surface area contributed by atoms with E-state index < -0.39 is 0 Å². The molecule has 0 spiro atoms. The molecule has 0 fully saturated rings. The Kier molecular flexibility index (Phi) is 4.72. The number of benzene rings is 1. The maximum Gasteiger partial charge on any atom is 0.0702 e. The molecule has 1 aliphatic heterocycles. The van der Waals surface area contributed by atoms with Gasteiger partial charge in [-0.15, -0.1) is 11.3 Å². The molecule has 1 aromatic carbocycles. The van der Waals surface area contributed by atoms with Crippen LogP contribution in [0, 0.1) is 0 Å². The van der Waals surface area contributed by atoms with Gasteiger partial charge < -0.3 is 0 Å². The Morgan fingerprint density at radius 1 is 1.12 bits per heavy atom. The summed E-state index contributed by atoms with van der Waals surface area (Å²) in [6.45, 7) is 3.43. The molecule has 2 nitrogen and oxygen atoms in total. The summed E-state index contributed by atoms with van der Waals surface area (Å²) >= 11 is 1.85. The van der Waals surface area contributed by atoms with Crippen LogP contribution in [0.4, 0.5) is 0 Å². The molecule has 0 N–H and O–H groups in total. The van der Waals surface area contributed by atoms with Gasteiger partial charge in [0.25, 0.3) is 0 Å². The molecule has 0 bridgehead atoms. The van der Waals surface area contributed by atoms with Gasteiger partial charge in [0.15, 0.2) is 0 Å². The van der Waals surface area contributed by atoms with Gasteiger partial charge in [-0.2, -0.15) is 0 Å². The number of aromatic nitrogens is 1. The Labute approximate surface area is 147 Å². The van der Waals surface area contributed by atoms with E-state index in [1.54, 1.807) is 0 Å². The van der Waals surface area contributed by atoms with Gasteiger partial charge in [-0.05, 0) is 60.5 Å². The third-order valence-electron chi connectivity index (χ3n) is 4.72. The first-order chi connectivity index (χ1) is 11.9. The summed E-state index contributed by atoms with van der Waals surface area (Å²) < 4.78 is 0. The summed E-state index contributed by atoms with van der Waals surface area (Å²) in [5.41, 5.74) is 3.96. The van der Waals surface area contributed by atoms with E-state index in [0.717, 1.165) is 18.5 Å². The predicted molar refractivity (Wildman–Crippen MR) is 103 cm³/mol. The predicted octanol–water partition coefficient (Wildman–Crippen LogP) is 5.02. The molecule has 0 atom stereocenters. The van der Waals surface area contributed by atoms with Crippen LogP contribution in [-0.4, -0.2) is 29.5 Å². The lowest BCUT2D eigenvalue weighted by atomic mass is 10.1. The molecule has 1 aliphatic rings. The highest BCUT2D eigenvalue weighted by molar-refractivity contribution is 7.11. The number of para-hydroxylation sites is 1. The average molecular weight is 334 g/mol. The van der Waals surface area contributed by atoms with Crippen molar-refractivity contribution < 1.29 is 0 Å². The fourth-order valence-corrected chi connectivity index (χ4v) is 4.16. The quantitative estimate of drug-likeness (QED) is 0.651. The van der Waals surface area contributed by atoms with Gasteiger partial charge in [0, 0.05) is 29.5 Å². The van der Waals surface area contributed by atoms with Crippen LogP contribution < -0.4 is 0 Å². The molecule has 122 valence electrons. The second-order valence-electron chi connectivity index (χ2n) is 6.40. The number of rotatable bonds is 5. The lowest BCUT2D eigenvalue weighted by Gasteiger charge is -2.26. The molecular formula is C21H22N2S. The van der Waals surface area contributed by atoms with Crippen molar-refractivity contribution in [2.24, 2.45) is 0 Å². The Hall–Kier alpha value is -1.97. The van der Waals surface area contributed by atoms with Gasteiger partial charge in [0.1, 0.15) is 0 Å². The normalized spacial score (nSPS) is 15.6. The zero-order chi connectivity index (χ0) is 16.2. The van der Waals surface area contributed by atoms with Crippen molar-refractivity contribution >= 4 is 27.8 Å². The zero-order valence-electron chi connectivity index (χ0n) is 13.8. The molecule has 0 aliphatic carbocycles. The highest BCUT2D eigenvalue weighted by atomic mass is 32.1. The molecule has 24 heavy (non-hydrogen) atoms. The summed E-state index contributed by atoms with van der Waals surface area (Å²) in [6, 6.07) is 15.0. The third kappa shape index (κ3) is 3.58. The molecule has 0 saturated carbocycles. The third-order valence-corrected chi connectivity index (χ3v) is 5.66. The van der Waals surface area contributed by atoms with Crippen molar-refractivity contribution in [2.45, 2.75) is 19.3 Å². The van der Waals surface area contributed by atoms with Crippen LogP contribution in [0.5, 0.6) is 0 Å². The highest BCUT2D eigenvalue weighted by Gasteiger charge is 2.13. The van der Waals surface area contributed by atoms with Gasteiger partial charge in [-0.3, -0.25) is 9.88 Å². The molecule has 3 aromatic rings. The lowest BCUT2D eigenvalue weighted by molar-refractivity contribution is 0.298. The van der Waals surface area contributed by atoms with E-state index in [1.165, 1.54) is 47.3 Å². The molecule has 4 rings (SSSR count). The van der Waals surface area contributed by atoms with Crippen LogP contribution in [0.2, 0.25) is 0 Å². The van der Waals surface area contributed by atoms with Gasteiger partial charge in [-0.25, -0.2) is 0 Å². The van der Waals surface area contributed by atoms with Crippen molar-refractivity contribution in [3.05, 3.63) is 70.6 Å². The van der Waals surface area contributed by atoms with Crippen LogP contribution in [0.15, 0.2) is 60.1 Å². The fourth-order valence-electron chi connectivity index (χ4n) is 3.36. The molecule has 0 unspecified atom stereocenters. The van der Waals surface area contributed by atoms with E-state index in [2.05, 4.69) is 57.7 Å². The van der Waals surface area contributed by atoms with Crippen LogP contribution in [0.1, 0.15) is 23.3 Å². The molecule has 0 radical (unpaired) electrons. The second kappa shape index (κ2) is 7.29. The molecule has 2 aromatic heterocycles. The van der Waals surface area contributed by atoms with E-state index in [0.29, 0.717) is 0 Å². The first kappa shape index (κ1) is 15.6. The second-order valence-corrected chi connectivity index (χ2v) is 7.34. The van der Waals surface area contributed by atoms with Crippen LogP contribution in [0.25, 0.3) is 16.5 Å². The minimum atomic E-state index is 1.09. The maximum atomic E-state index is 4.56. The van der Waals surface area contributed by atoms with Gasteiger partial charge in [-0.1, -0.05) is 30.3 Å². The van der Waals surface area contributed by atoms with E-state index >= 15 is 0 Å². The largest absolute Gasteiger partial charge is 0.299 e. The van der Waals surface area contributed by atoms with Crippen molar-refractivity contribution in [2.75, 3.05) is 19.6 Å². The SMILES string of the molecule is C1=C(c2cccs2)CCN(CCCc2cnc3ccccc3c2)C1. The fraction of sp³-hybridized carbons (Fsp3) is 0.286. The average Bonchev–Trinajstić information content (AvgIpc) is 3.17. The number of thiophene rings is 1. The number of hydrogen-bond donors (Lipinski definition) is 0. The van der Waals surface area contributed by atoms with Crippen LogP contribution >= 0.6 is 11.3 Å². The van der Waals surface area contributed by atoms with Crippen LogP contribution in [0.3, 0.4) is 0 Å². The number of aryl methyl sites for hydroxylation is 1. The Morgan fingerprint density at radius 2 is 2.08 bits per heavy atom. The number of pyridine rings is 1. The Balaban J connectivity index is 1.30. The highest BCUT2D eigenvalue weighted by Crippen LogP contribution is 2.26. The molecule has 0 amide bonds. The minimum absolute atomic E-state index is 1.09. The number of nitrogens with zero attached hydrogens (tertiary/aromatic N) is 2. The van der Waals surface area contributed by atoms with E-state index in [-0.39, 0.29) is 0 Å². The Morgan fingerprint density at radius 3 is 2.92 bits per heavy atom. The molecular weight excluding hydrogens is 312 g/mol. The van der Waals surface area contributed by atoms with Crippen LogP contribution in [-0.2, 0) is 6.42 Å². The first-order valence-corrected chi connectivity index (χ1v) is 9.55. The number of hydrogen-bond acceptors (Lipinski definition) is 3. The molecule has 3 heteroatoms. The minimum Gasteiger partial charge on any atom is -0.299 e. The summed E-state index contributed by atoms with van der Waals surface area (Å²) in [7, 11) is 0. The van der Waals surface area contributed by atoms with Gasteiger partial charge in [0.05, 0.1) is 5.52 Å². The summed E-state index contributed by atoms with van der Waals surface area (Å²) in [5, 5.41) is 3.41. The topological polar surface area (TPSA) is 16.1 Å². The monoisotopic (exact) mass is 334 g/mol. The smallest absolute Gasteiger partial charge is 0.0702 e. The standard InChI is InChI=1S/C21H22N2S/c1-2-7-20-19(6-1)15-17(16-22-20)5-3-11-23-12-9-18(10-13-23)21-8-4-14-24-21/h1-2,4,6-9,14-16H,3,5,10-13H2. The van der Waals surface area contributed by atoms with E-state index in [9.17, 15) is 0 Å². The summed E-state index contributed by atoms with van der Waals surface area (Å²) in [6.07, 6.45) is 7.93. The number of fused-ring (bicyclic) bond motifs is 1. The van der Waals surface area contributed by atoms with Gasteiger partial charge >= 0.3 is 0 Å². The summed E-state index contributed by atoms with van der Waals surface area (Å²) in [5.74, 6) is 0. The molecule has 3 heterocycles. The van der Waals surface area contributed by atoms with Crippen molar-refractivity contribution in [3.8, 4) is 0 Å².